The number of nitro groups is 1. The number of nitro benzene ring substituents is 1. The molecular formula is C14H14N2O4S2. The summed E-state index contributed by atoms with van der Waals surface area (Å²) in [5.41, 5.74) is -0.116. The van der Waals surface area contributed by atoms with Gasteiger partial charge >= 0.3 is 0 Å². The molecule has 0 unspecified atom stereocenters. The Morgan fingerprint density at radius 3 is 2.41 bits per heavy atom. The first kappa shape index (κ1) is 15.1. The summed E-state index contributed by atoms with van der Waals surface area (Å²) >= 11 is 1.52. The molecule has 116 valence electrons. The minimum Gasteiger partial charge on any atom is -0.258 e. The summed E-state index contributed by atoms with van der Waals surface area (Å²) in [6.45, 7) is 0.349. The molecule has 0 aliphatic heterocycles. The second-order valence-corrected chi connectivity index (χ2v) is 8.03. The van der Waals surface area contributed by atoms with Gasteiger partial charge in [0.1, 0.15) is 0 Å². The van der Waals surface area contributed by atoms with Crippen molar-refractivity contribution in [1.82, 2.24) is 4.31 Å². The van der Waals surface area contributed by atoms with Crippen LogP contribution in [0.1, 0.15) is 17.7 Å². The zero-order valence-electron chi connectivity index (χ0n) is 11.6. The van der Waals surface area contributed by atoms with Crippen LogP contribution in [0.15, 0.2) is 46.7 Å². The third-order valence-corrected chi connectivity index (χ3v) is 6.27. The fourth-order valence-electron chi connectivity index (χ4n) is 2.20. The molecule has 1 aromatic heterocycles. The van der Waals surface area contributed by atoms with Gasteiger partial charge < -0.3 is 0 Å². The predicted molar refractivity (Wildman–Crippen MR) is 83.2 cm³/mol. The lowest BCUT2D eigenvalue weighted by Gasteiger charge is -2.21. The van der Waals surface area contributed by atoms with Gasteiger partial charge in [-0.1, -0.05) is 6.07 Å². The van der Waals surface area contributed by atoms with Crippen LogP contribution in [0, 0.1) is 10.1 Å². The van der Waals surface area contributed by atoms with E-state index in [0.717, 1.165) is 17.7 Å². The zero-order chi connectivity index (χ0) is 15.7. The quantitative estimate of drug-likeness (QED) is 0.599. The summed E-state index contributed by atoms with van der Waals surface area (Å²) < 4.78 is 27.1. The van der Waals surface area contributed by atoms with Gasteiger partial charge in [-0.2, -0.15) is 4.31 Å². The lowest BCUT2D eigenvalue weighted by atomic mass is 10.3. The van der Waals surface area contributed by atoms with Gasteiger partial charge in [0, 0.05) is 29.6 Å². The van der Waals surface area contributed by atoms with Crippen molar-refractivity contribution in [2.24, 2.45) is 0 Å². The Bertz CT molecular complexity index is 766. The molecule has 0 radical (unpaired) electrons. The van der Waals surface area contributed by atoms with Crippen LogP contribution in [0.25, 0.3) is 0 Å². The minimum absolute atomic E-state index is 0.0299. The molecule has 0 spiro atoms. The third kappa shape index (κ3) is 3.03. The van der Waals surface area contributed by atoms with E-state index in [4.69, 9.17) is 0 Å². The molecule has 22 heavy (non-hydrogen) atoms. The molecule has 0 atom stereocenters. The van der Waals surface area contributed by atoms with E-state index in [9.17, 15) is 18.5 Å². The Morgan fingerprint density at radius 1 is 1.23 bits per heavy atom. The summed E-state index contributed by atoms with van der Waals surface area (Å²) in [7, 11) is -3.64. The van der Waals surface area contributed by atoms with Crippen LogP contribution >= 0.6 is 11.3 Å². The topological polar surface area (TPSA) is 80.5 Å². The molecule has 1 aromatic carbocycles. The van der Waals surface area contributed by atoms with Crippen LogP contribution < -0.4 is 0 Å². The number of hydrogen-bond acceptors (Lipinski definition) is 5. The first-order valence-corrected chi connectivity index (χ1v) is 9.09. The molecule has 1 fully saturated rings. The Labute approximate surface area is 132 Å². The number of nitrogens with zero attached hydrogens (tertiary/aromatic N) is 2. The highest BCUT2D eigenvalue weighted by atomic mass is 32.2. The number of hydrogen-bond donors (Lipinski definition) is 0. The lowest BCUT2D eigenvalue weighted by molar-refractivity contribution is -0.384. The average molecular weight is 338 g/mol. The molecule has 0 amide bonds. The van der Waals surface area contributed by atoms with Gasteiger partial charge in [-0.25, -0.2) is 8.42 Å². The highest BCUT2D eigenvalue weighted by Crippen LogP contribution is 2.34. The molecule has 3 rings (SSSR count). The van der Waals surface area contributed by atoms with Crippen LogP contribution in [0.5, 0.6) is 0 Å². The molecule has 8 heteroatoms. The molecule has 0 saturated heterocycles. The first-order chi connectivity index (χ1) is 10.5. The summed E-state index contributed by atoms with van der Waals surface area (Å²) in [5.74, 6) is 0. The van der Waals surface area contributed by atoms with E-state index in [1.165, 1.54) is 39.9 Å². The molecule has 6 nitrogen and oxygen atoms in total. The SMILES string of the molecule is O=[N+]([O-])c1ccc(S(=O)(=O)N(Cc2cccs2)C2CC2)cc1. The van der Waals surface area contributed by atoms with Crippen molar-refractivity contribution >= 4 is 27.0 Å². The number of benzene rings is 1. The standard InChI is InChI=1S/C14H14N2O4S2/c17-16(18)12-5-7-14(8-6-12)22(19,20)15(11-3-4-11)10-13-2-1-9-21-13/h1-2,5-9,11H,3-4,10H2. The van der Waals surface area contributed by atoms with Gasteiger partial charge in [0.15, 0.2) is 0 Å². The van der Waals surface area contributed by atoms with E-state index in [2.05, 4.69) is 0 Å². The fourth-order valence-corrected chi connectivity index (χ4v) is 4.65. The first-order valence-electron chi connectivity index (χ1n) is 6.77. The maximum Gasteiger partial charge on any atom is 0.269 e. The van der Waals surface area contributed by atoms with Gasteiger partial charge in [-0.05, 0) is 36.4 Å². The highest BCUT2D eigenvalue weighted by molar-refractivity contribution is 7.89. The van der Waals surface area contributed by atoms with Gasteiger partial charge in [-0.15, -0.1) is 11.3 Å². The van der Waals surface area contributed by atoms with E-state index >= 15 is 0 Å². The number of sulfonamides is 1. The van der Waals surface area contributed by atoms with Crippen LogP contribution in [0.4, 0.5) is 5.69 Å². The van der Waals surface area contributed by atoms with Crippen molar-refractivity contribution in [3.63, 3.8) is 0 Å². The van der Waals surface area contributed by atoms with Gasteiger partial charge in [0.05, 0.1) is 9.82 Å². The summed E-state index contributed by atoms with van der Waals surface area (Å²) in [4.78, 5) is 11.2. The van der Waals surface area contributed by atoms with Crippen molar-refractivity contribution in [3.8, 4) is 0 Å². The largest absolute Gasteiger partial charge is 0.269 e. The number of non-ortho nitro benzene ring substituents is 1. The molecule has 2 aromatic rings. The van der Waals surface area contributed by atoms with Gasteiger partial charge in [0.2, 0.25) is 10.0 Å². The fraction of sp³-hybridized carbons (Fsp3) is 0.286. The molecule has 0 N–H and O–H groups in total. The molecule has 0 bridgehead atoms. The maximum absolute atomic E-state index is 12.8. The Morgan fingerprint density at radius 2 is 1.91 bits per heavy atom. The third-order valence-electron chi connectivity index (χ3n) is 3.50. The Kier molecular flexibility index (Phi) is 3.98. The smallest absolute Gasteiger partial charge is 0.258 e. The number of thiophene rings is 1. The van der Waals surface area contributed by atoms with E-state index in [-0.39, 0.29) is 16.6 Å². The lowest BCUT2D eigenvalue weighted by Crippen LogP contribution is -2.32. The summed E-state index contributed by atoms with van der Waals surface area (Å²) in [6.07, 6.45) is 1.72. The van der Waals surface area contributed by atoms with Crippen molar-refractivity contribution in [2.45, 2.75) is 30.3 Å². The Hall–Kier alpha value is -1.77. The van der Waals surface area contributed by atoms with E-state index in [1.54, 1.807) is 0 Å². The maximum atomic E-state index is 12.8. The van der Waals surface area contributed by atoms with Gasteiger partial charge in [-0.3, -0.25) is 10.1 Å². The second kappa shape index (κ2) is 5.79. The van der Waals surface area contributed by atoms with Crippen LogP contribution in [0.3, 0.4) is 0 Å². The monoisotopic (exact) mass is 338 g/mol. The zero-order valence-corrected chi connectivity index (χ0v) is 13.2. The molecule has 1 heterocycles. The van der Waals surface area contributed by atoms with Crippen LogP contribution in [-0.4, -0.2) is 23.7 Å². The van der Waals surface area contributed by atoms with Crippen LogP contribution in [-0.2, 0) is 16.6 Å². The van der Waals surface area contributed by atoms with E-state index < -0.39 is 14.9 Å². The van der Waals surface area contributed by atoms with E-state index in [0.29, 0.717) is 6.54 Å². The van der Waals surface area contributed by atoms with Crippen molar-refractivity contribution in [2.75, 3.05) is 0 Å². The number of rotatable bonds is 6. The molecule has 1 aliphatic rings. The summed E-state index contributed by atoms with van der Waals surface area (Å²) in [5, 5.41) is 12.6. The Balaban J connectivity index is 1.90. The molecular weight excluding hydrogens is 324 g/mol. The van der Waals surface area contributed by atoms with Gasteiger partial charge in [0.25, 0.3) is 5.69 Å². The minimum atomic E-state index is -3.64. The molecule has 1 aliphatic carbocycles. The van der Waals surface area contributed by atoms with Crippen LogP contribution in [0.2, 0.25) is 0 Å². The predicted octanol–water partition coefficient (Wildman–Crippen LogP) is 3.01. The highest BCUT2D eigenvalue weighted by Gasteiger charge is 2.38. The second-order valence-electron chi connectivity index (χ2n) is 5.11. The summed E-state index contributed by atoms with van der Waals surface area (Å²) in [6, 6.07) is 8.89. The van der Waals surface area contributed by atoms with Crippen molar-refractivity contribution in [1.29, 1.82) is 0 Å². The molecule has 1 saturated carbocycles. The van der Waals surface area contributed by atoms with Crippen molar-refractivity contribution < 1.29 is 13.3 Å². The normalized spacial score (nSPS) is 15.1. The average Bonchev–Trinajstić information content (AvgIpc) is 3.20. The van der Waals surface area contributed by atoms with Crippen molar-refractivity contribution in [3.05, 3.63) is 56.8 Å². The van der Waals surface area contributed by atoms with E-state index in [1.807, 2.05) is 17.5 Å².